The summed E-state index contributed by atoms with van der Waals surface area (Å²) in [5.41, 5.74) is 0.421. The summed E-state index contributed by atoms with van der Waals surface area (Å²) in [4.78, 5) is 30.9. The highest BCUT2D eigenvalue weighted by atomic mass is 16.5. The van der Waals surface area contributed by atoms with Crippen LogP contribution in [0.1, 0.15) is 30.3 Å². The zero-order valence-electron chi connectivity index (χ0n) is 15.5. The van der Waals surface area contributed by atoms with Crippen LogP contribution in [0.4, 0.5) is 10.6 Å². The summed E-state index contributed by atoms with van der Waals surface area (Å²) >= 11 is 0. The van der Waals surface area contributed by atoms with Gasteiger partial charge in [0, 0.05) is 23.6 Å². The lowest BCUT2D eigenvalue weighted by Gasteiger charge is -2.07. The Morgan fingerprint density at radius 3 is 2.93 bits per heavy atom. The van der Waals surface area contributed by atoms with E-state index in [4.69, 9.17) is 9.26 Å². The maximum Gasteiger partial charge on any atom is 0.331 e. The molecular weight excluding hydrogens is 374 g/mol. The molecule has 0 saturated heterocycles. The third kappa shape index (κ3) is 3.49. The lowest BCUT2D eigenvalue weighted by molar-refractivity contribution is 0.254. The predicted molar refractivity (Wildman–Crippen MR) is 105 cm³/mol. The molecule has 9 heteroatoms. The molecule has 1 aliphatic carbocycles. The van der Waals surface area contributed by atoms with Gasteiger partial charge in [0.05, 0.1) is 11.6 Å². The number of aromatic amines is 1. The Hall–Kier alpha value is -3.88. The van der Waals surface area contributed by atoms with Crippen LogP contribution < -0.4 is 15.6 Å². The molecule has 3 heterocycles. The largest absolute Gasteiger partial charge is 0.439 e. The van der Waals surface area contributed by atoms with Gasteiger partial charge in [-0.05, 0) is 44.0 Å². The van der Waals surface area contributed by atoms with E-state index in [0.29, 0.717) is 28.8 Å². The summed E-state index contributed by atoms with van der Waals surface area (Å²) < 4.78 is 12.4. The van der Waals surface area contributed by atoms with Crippen LogP contribution >= 0.6 is 0 Å². The van der Waals surface area contributed by atoms with Crippen LogP contribution in [0, 0.1) is 6.92 Å². The van der Waals surface area contributed by atoms with Crippen LogP contribution in [0.5, 0.6) is 11.6 Å². The first-order valence-electron chi connectivity index (χ1n) is 9.20. The van der Waals surface area contributed by atoms with Gasteiger partial charge >= 0.3 is 6.03 Å². The Morgan fingerprint density at radius 2 is 2.14 bits per heavy atom. The number of H-pyrrole nitrogens is 1. The van der Waals surface area contributed by atoms with Gasteiger partial charge in [0.25, 0.3) is 5.56 Å². The van der Waals surface area contributed by atoms with Gasteiger partial charge in [-0.2, -0.15) is 0 Å². The maximum atomic E-state index is 12.6. The van der Waals surface area contributed by atoms with E-state index in [1.54, 1.807) is 43.5 Å². The maximum absolute atomic E-state index is 12.6. The molecule has 1 aromatic carbocycles. The lowest BCUT2D eigenvalue weighted by atomic mass is 10.2. The van der Waals surface area contributed by atoms with Crippen LogP contribution in [0.15, 0.2) is 51.9 Å². The molecule has 1 amide bonds. The standard InChI is InChI=1S/C20H17N5O4/c1-11-21-18(26)10-19(22-11)28-14-4-5-15-13(8-14)6-7-25(15)20(27)23-17-9-16(29-24-17)12-2-3-12/h4-10,12H,2-3H2,1H3,(H,21,22,26)(H,23,24,27). The topological polar surface area (TPSA) is 115 Å². The molecule has 0 spiro atoms. The van der Waals surface area contributed by atoms with Crippen molar-refractivity contribution in [3.8, 4) is 11.6 Å². The van der Waals surface area contributed by atoms with E-state index in [-0.39, 0.29) is 17.5 Å². The first-order valence-corrected chi connectivity index (χ1v) is 9.20. The number of rotatable bonds is 4. The third-order valence-corrected chi connectivity index (χ3v) is 4.68. The molecule has 0 aliphatic heterocycles. The van der Waals surface area contributed by atoms with Gasteiger partial charge in [0.1, 0.15) is 17.3 Å². The van der Waals surface area contributed by atoms with Crippen LogP contribution in [0.3, 0.4) is 0 Å². The lowest BCUT2D eigenvalue weighted by Crippen LogP contribution is -2.18. The fourth-order valence-corrected chi connectivity index (χ4v) is 3.16. The first-order chi connectivity index (χ1) is 14.0. The summed E-state index contributed by atoms with van der Waals surface area (Å²) in [6.07, 6.45) is 3.87. The number of nitrogens with one attached hydrogen (secondary N) is 2. The molecule has 146 valence electrons. The molecule has 29 heavy (non-hydrogen) atoms. The fourth-order valence-electron chi connectivity index (χ4n) is 3.16. The number of nitrogens with zero attached hydrogens (tertiary/aromatic N) is 3. The quantitative estimate of drug-likeness (QED) is 0.547. The number of hydrogen-bond acceptors (Lipinski definition) is 6. The number of anilines is 1. The van der Waals surface area contributed by atoms with Gasteiger partial charge < -0.3 is 14.2 Å². The summed E-state index contributed by atoms with van der Waals surface area (Å²) in [7, 11) is 0. The van der Waals surface area contributed by atoms with E-state index in [9.17, 15) is 9.59 Å². The fraction of sp³-hybridized carbons (Fsp3) is 0.200. The second kappa shape index (κ2) is 6.62. The van der Waals surface area contributed by atoms with Gasteiger partial charge in [0.2, 0.25) is 5.88 Å². The van der Waals surface area contributed by atoms with E-state index >= 15 is 0 Å². The number of amides is 1. The highest BCUT2D eigenvalue weighted by Crippen LogP contribution is 2.40. The minimum Gasteiger partial charge on any atom is -0.439 e. The van der Waals surface area contributed by atoms with Crippen molar-refractivity contribution in [3.05, 3.63) is 64.5 Å². The van der Waals surface area contributed by atoms with Gasteiger partial charge in [-0.15, -0.1) is 0 Å². The SMILES string of the molecule is Cc1nc(Oc2ccc3c(ccn3C(=O)Nc3cc(C4CC4)on3)c2)cc(=O)[nH]1. The average molecular weight is 391 g/mol. The van der Waals surface area contributed by atoms with Crippen molar-refractivity contribution in [3.63, 3.8) is 0 Å². The smallest absolute Gasteiger partial charge is 0.331 e. The van der Waals surface area contributed by atoms with E-state index < -0.39 is 0 Å². The van der Waals surface area contributed by atoms with E-state index in [1.807, 2.05) is 0 Å². The second-order valence-corrected chi connectivity index (χ2v) is 7.00. The summed E-state index contributed by atoms with van der Waals surface area (Å²) in [6.45, 7) is 1.68. The van der Waals surface area contributed by atoms with Crippen LogP contribution in [0.25, 0.3) is 10.9 Å². The summed E-state index contributed by atoms with van der Waals surface area (Å²) in [5.74, 6) is 2.82. The van der Waals surface area contributed by atoms with Gasteiger partial charge in [0.15, 0.2) is 5.82 Å². The molecule has 4 aromatic rings. The molecule has 0 unspecified atom stereocenters. The third-order valence-electron chi connectivity index (χ3n) is 4.68. The number of ether oxygens (including phenoxy) is 1. The summed E-state index contributed by atoms with van der Waals surface area (Å²) in [6, 6.07) is 9.77. The number of carbonyl (C=O) groups is 1. The Morgan fingerprint density at radius 1 is 1.28 bits per heavy atom. The Kier molecular flexibility index (Phi) is 3.94. The number of hydrogen-bond donors (Lipinski definition) is 2. The van der Waals surface area contributed by atoms with E-state index in [2.05, 4.69) is 20.4 Å². The minimum atomic E-state index is -0.337. The molecule has 1 aliphatic rings. The Balaban J connectivity index is 1.36. The summed E-state index contributed by atoms with van der Waals surface area (Å²) in [5, 5.41) is 7.46. The molecule has 0 atom stereocenters. The average Bonchev–Trinajstić information content (AvgIpc) is 3.27. The first kappa shape index (κ1) is 17.2. The molecule has 0 radical (unpaired) electrons. The number of carbonyl (C=O) groups excluding carboxylic acids is 1. The molecule has 1 saturated carbocycles. The molecule has 2 N–H and O–H groups in total. The van der Waals surface area contributed by atoms with E-state index in [1.165, 1.54) is 10.6 Å². The van der Waals surface area contributed by atoms with Crippen LogP contribution in [-0.2, 0) is 0 Å². The Bertz CT molecular complexity index is 1280. The van der Waals surface area contributed by atoms with Crippen molar-refractivity contribution in [1.82, 2.24) is 19.7 Å². The predicted octanol–water partition coefficient (Wildman–Crippen LogP) is 3.77. The van der Waals surface area contributed by atoms with Gasteiger partial charge in [-0.3, -0.25) is 14.7 Å². The highest BCUT2D eigenvalue weighted by Gasteiger charge is 2.28. The monoisotopic (exact) mass is 391 g/mol. The zero-order chi connectivity index (χ0) is 20.0. The Labute approximate surface area is 164 Å². The van der Waals surface area contributed by atoms with Crippen molar-refractivity contribution in [2.75, 3.05) is 5.32 Å². The van der Waals surface area contributed by atoms with Crippen molar-refractivity contribution < 1.29 is 14.1 Å². The van der Waals surface area contributed by atoms with Crippen molar-refractivity contribution in [1.29, 1.82) is 0 Å². The van der Waals surface area contributed by atoms with Crippen molar-refractivity contribution >= 4 is 22.8 Å². The molecule has 3 aromatic heterocycles. The molecule has 9 nitrogen and oxygen atoms in total. The number of aromatic nitrogens is 4. The number of aryl methyl sites for hydroxylation is 1. The van der Waals surface area contributed by atoms with Crippen LogP contribution in [0.2, 0.25) is 0 Å². The molecule has 0 bridgehead atoms. The molecule has 5 rings (SSSR count). The zero-order valence-corrected chi connectivity index (χ0v) is 15.5. The van der Waals surface area contributed by atoms with Crippen molar-refractivity contribution in [2.45, 2.75) is 25.7 Å². The minimum absolute atomic E-state index is 0.209. The molecule has 1 fully saturated rings. The normalized spacial score (nSPS) is 13.6. The molecular formula is C20H17N5O4. The van der Waals surface area contributed by atoms with Crippen LogP contribution in [-0.4, -0.2) is 25.7 Å². The number of benzene rings is 1. The van der Waals surface area contributed by atoms with Crippen molar-refractivity contribution in [2.24, 2.45) is 0 Å². The number of fused-ring (bicyclic) bond motifs is 1. The second-order valence-electron chi connectivity index (χ2n) is 7.00. The van der Waals surface area contributed by atoms with Gasteiger partial charge in [-0.25, -0.2) is 9.78 Å². The van der Waals surface area contributed by atoms with E-state index in [0.717, 1.165) is 24.0 Å². The highest BCUT2D eigenvalue weighted by molar-refractivity contribution is 5.98. The van der Waals surface area contributed by atoms with Gasteiger partial charge in [-0.1, -0.05) is 5.16 Å².